The molecule has 0 aliphatic carbocycles. The minimum Gasteiger partial charge on any atom is -0.360 e. The number of hydrogen-bond acceptors (Lipinski definition) is 4. The molecule has 0 saturated carbocycles. The second-order valence-electron chi connectivity index (χ2n) is 4.61. The zero-order valence-corrected chi connectivity index (χ0v) is 12.3. The number of pyridine rings is 1. The molecule has 1 heterocycles. The number of hydrogen-bond donors (Lipinski definition) is 1. The quantitative estimate of drug-likeness (QED) is 0.914. The van der Waals surface area contributed by atoms with Crippen LogP contribution in [0.2, 0.25) is 0 Å². The number of aromatic nitrogens is 1. The monoisotopic (exact) mass is 282 g/mol. The van der Waals surface area contributed by atoms with Crippen molar-refractivity contribution in [2.75, 3.05) is 25.0 Å². The molecule has 0 unspecified atom stereocenters. The molecule has 5 nitrogen and oxygen atoms in total. The van der Waals surface area contributed by atoms with Crippen LogP contribution in [0.1, 0.15) is 19.4 Å². The van der Waals surface area contributed by atoms with E-state index in [4.69, 9.17) is 0 Å². The summed E-state index contributed by atoms with van der Waals surface area (Å²) in [6, 6.07) is 11.5. The van der Waals surface area contributed by atoms with Gasteiger partial charge in [-0.15, -0.1) is 0 Å². The van der Waals surface area contributed by atoms with Gasteiger partial charge in [0, 0.05) is 18.5 Å². The summed E-state index contributed by atoms with van der Waals surface area (Å²) in [6.45, 7) is 5.37. The molecule has 0 aliphatic heterocycles. The topological polar surface area (TPSA) is 69.0 Å². The van der Waals surface area contributed by atoms with Crippen LogP contribution in [0, 0.1) is 11.3 Å². The van der Waals surface area contributed by atoms with E-state index in [-0.39, 0.29) is 12.5 Å². The maximum atomic E-state index is 12.0. The van der Waals surface area contributed by atoms with E-state index in [2.05, 4.69) is 16.4 Å². The van der Waals surface area contributed by atoms with Crippen LogP contribution in [-0.4, -0.2) is 35.4 Å². The van der Waals surface area contributed by atoms with E-state index in [1.165, 1.54) is 0 Å². The van der Waals surface area contributed by atoms with Gasteiger partial charge < -0.3 is 10.2 Å². The fraction of sp³-hybridized carbons (Fsp3) is 0.312. The molecule has 0 atom stereocenters. The third-order valence-electron chi connectivity index (χ3n) is 3.37. The molecule has 21 heavy (non-hydrogen) atoms. The maximum absolute atomic E-state index is 12.0. The Hall–Kier alpha value is -2.61. The Morgan fingerprint density at radius 2 is 2.05 bits per heavy atom. The number of anilines is 1. The summed E-state index contributed by atoms with van der Waals surface area (Å²) in [5, 5.41) is 13.1. The van der Waals surface area contributed by atoms with Crippen molar-refractivity contribution in [2.24, 2.45) is 0 Å². The zero-order chi connectivity index (χ0) is 15.2. The SMILES string of the molecule is CCN(CC)C(=O)CNc1nc2ccccc2cc1C#N. The van der Waals surface area contributed by atoms with Gasteiger partial charge in [-0.25, -0.2) is 4.98 Å². The summed E-state index contributed by atoms with van der Waals surface area (Å²) in [5.41, 5.74) is 1.25. The molecule has 0 spiro atoms. The maximum Gasteiger partial charge on any atom is 0.241 e. The van der Waals surface area contributed by atoms with Crippen LogP contribution >= 0.6 is 0 Å². The van der Waals surface area contributed by atoms with Gasteiger partial charge >= 0.3 is 0 Å². The third kappa shape index (κ3) is 3.29. The Balaban J connectivity index is 2.22. The lowest BCUT2D eigenvalue weighted by molar-refractivity contribution is -0.128. The average Bonchev–Trinajstić information content (AvgIpc) is 2.53. The molecular formula is C16H18N4O. The van der Waals surface area contributed by atoms with Crippen LogP contribution in [0.15, 0.2) is 30.3 Å². The van der Waals surface area contributed by atoms with Crippen LogP contribution < -0.4 is 5.32 Å². The van der Waals surface area contributed by atoms with Gasteiger partial charge in [0.05, 0.1) is 17.6 Å². The highest BCUT2D eigenvalue weighted by molar-refractivity contribution is 5.85. The van der Waals surface area contributed by atoms with Crippen molar-refractivity contribution < 1.29 is 4.79 Å². The minimum atomic E-state index is -0.00107. The number of carbonyl (C=O) groups is 1. The summed E-state index contributed by atoms with van der Waals surface area (Å²) in [7, 11) is 0. The molecule has 5 heteroatoms. The number of amides is 1. The summed E-state index contributed by atoms with van der Waals surface area (Å²) in [5.74, 6) is 0.454. The molecule has 1 aromatic heterocycles. The van der Waals surface area contributed by atoms with Gasteiger partial charge in [-0.05, 0) is 26.0 Å². The molecule has 0 aliphatic rings. The van der Waals surface area contributed by atoms with E-state index in [0.717, 1.165) is 10.9 Å². The van der Waals surface area contributed by atoms with Gasteiger partial charge in [0.2, 0.25) is 5.91 Å². The molecule has 1 aromatic carbocycles. The largest absolute Gasteiger partial charge is 0.360 e. The Bertz CT molecular complexity index is 686. The van der Waals surface area contributed by atoms with E-state index >= 15 is 0 Å². The molecule has 2 aromatic rings. The first kappa shape index (κ1) is 14.8. The first-order chi connectivity index (χ1) is 10.2. The lowest BCUT2D eigenvalue weighted by Gasteiger charge is -2.19. The fourth-order valence-electron chi connectivity index (χ4n) is 2.18. The molecule has 0 radical (unpaired) electrons. The van der Waals surface area contributed by atoms with Crippen LogP contribution in [0.3, 0.4) is 0 Å². The van der Waals surface area contributed by atoms with E-state index in [9.17, 15) is 10.1 Å². The molecule has 2 rings (SSSR count). The van der Waals surface area contributed by atoms with Crippen LogP contribution in [0.4, 0.5) is 5.82 Å². The van der Waals surface area contributed by atoms with Gasteiger partial charge in [0.15, 0.2) is 0 Å². The second kappa shape index (κ2) is 6.71. The molecule has 0 fully saturated rings. The fourth-order valence-corrected chi connectivity index (χ4v) is 2.18. The first-order valence-electron chi connectivity index (χ1n) is 7.01. The van der Waals surface area contributed by atoms with Crippen molar-refractivity contribution in [1.29, 1.82) is 5.26 Å². The normalized spacial score (nSPS) is 10.1. The van der Waals surface area contributed by atoms with Crippen LogP contribution in [0.25, 0.3) is 10.9 Å². The van der Waals surface area contributed by atoms with E-state index in [1.807, 2.05) is 38.1 Å². The van der Waals surface area contributed by atoms with E-state index in [1.54, 1.807) is 11.0 Å². The highest BCUT2D eigenvalue weighted by atomic mass is 16.2. The van der Waals surface area contributed by atoms with Gasteiger partial charge in [0.1, 0.15) is 11.9 Å². The van der Waals surface area contributed by atoms with Crippen molar-refractivity contribution in [1.82, 2.24) is 9.88 Å². The lowest BCUT2D eigenvalue weighted by atomic mass is 10.1. The molecule has 1 amide bonds. The number of nitrogens with zero attached hydrogens (tertiary/aromatic N) is 3. The smallest absolute Gasteiger partial charge is 0.241 e. The highest BCUT2D eigenvalue weighted by Crippen LogP contribution is 2.19. The summed E-state index contributed by atoms with van der Waals surface area (Å²) in [6.07, 6.45) is 0. The number of nitrogens with one attached hydrogen (secondary N) is 1. The zero-order valence-electron chi connectivity index (χ0n) is 12.3. The highest BCUT2D eigenvalue weighted by Gasteiger charge is 2.11. The van der Waals surface area contributed by atoms with Gasteiger partial charge in [-0.2, -0.15) is 5.26 Å². The van der Waals surface area contributed by atoms with Crippen molar-refractivity contribution in [3.05, 3.63) is 35.9 Å². The van der Waals surface area contributed by atoms with Crippen LogP contribution in [-0.2, 0) is 4.79 Å². The molecule has 0 saturated heterocycles. The van der Waals surface area contributed by atoms with Gasteiger partial charge in [-0.1, -0.05) is 18.2 Å². The number of likely N-dealkylation sites (N-methyl/N-ethyl adjacent to an activating group) is 1. The Kier molecular flexibility index (Phi) is 4.72. The molecular weight excluding hydrogens is 264 g/mol. The number of fused-ring (bicyclic) bond motifs is 1. The van der Waals surface area contributed by atoms with Gasteiger partial charge in [0.25, 0.3) is 0 Å². The van der Waals surface area contributed by atoms with Crippen molar-refractivity contribution in [3.63, 3.8) is 0 Å². The van der Waals surface area contributed by atoms with Crippen LogP contribution in [0.5, 0.6) is 0 Å². The van der Waals surface area contributed by atoms with E-state index in [0.29, 0.717) is 24.5 Å². The number of nitriles is 1. The number of carbonyl (C=O) groups excluding carboxylic acids is 1. The van der Waals surface area contributed by atoms with E-state index < -0.39 is 0 Å². The summed E-state index contributed by atoms with van der Waals surface area (Å²) >= 11 is 0. The lowest BCUT2D eigenvalue weighted by Crippen LogP contribution is -2.35. The van der Waals surface area contributed by atoms with Crippen molar-refractivity contribution in [3.8, 4) is 6.07 Å². The second-order valence-corrected chi connectivity index (χ2v) is 4.61. The third-order valence-corrected chi connectivity index (χ3v) is 3.37. The van der Waals surface area contributed by atoms with Crippen molar-refractivity contribution in [2.45, 2.75) is 13.8 Å². The summed E-state index contributed by atoms with van der Waals surface area (Å²) in [4.78, 5) is 18.2. The Morgan fingerprint density at radius 1 is 1.33 bits per heavy atom. The predicted molar refractivity (Wildman–Crippen MR) is 82.9 cm³/mol. The number of rotatable bonds is 5. The number of para-hydroxylation sites is 1. The summed E-state index contributed by atoms with van der Waals surface area (Å²) < 4.78 is 0. The Morgan fingerprint density at radius 3 is 2.71 bits per heavy atom. The van der Waals surface area contributed by atoms with Crippen molar-refractivity contribution >= 4 is 22.6 Å². The van der Waals surface area contributed by atoms with Gasteiger partial charge in [-0.3, -0.25) is 4.79 Å². The standard InChI is InChI=1S/C16H18N4O/c1-3-20(4-2)15(21)11-18-16-13(10-17)9-12-7-5-6-8-14(12)19-16/h5-9H,3-4,11H2,1-2H3,(H,18,19). The molecule has 1 N–H and O–H groups in total. The molecule has 108 valence electrons. The minimum absolute atomic E-state index is 0.00107. The Labute approximate surface area is 124 Å². The predicted octanol–water partition coefficient (Wildman–Crippen LogP) is 2.39. The number of benzene rings is 1. The average molecular weight is 282 g/mol. The first-order valence-corrected chi connectivity index (χ1v) is 7.01. The molecule has 0 bridgehead atoms.